The lowest BCUT2D eigenvalue weighted by atomic mass is 9.90. The normalized spacial score (nSPS) is 11.6. The van der Waals surface area contributed by atoms with Crippen LogP contribution < -0.4 is 0 Å². The standard InChI is InChI=1S/C19H38O2/c1-5-6-7-8-9-10-11-12-15-18(20)21-17-14-13-16-19(2,3)4/h5-17H2,1-4H3. The van der Waals surface area contributed by atoms with E-state index < -0.39 is 0 Å². The number of hydrogen-bond acceptors (Lipinski definition) is 2. The van der Waals surface area contributed by atoms with E-state index in [0.717, 1.165) is 19.3 Å². The lowest BCUT2D eigenvalue weighted by molar-refractivity contribution is -0.143. The van der Waals surface area contributed by atoms with Crippen molar-refractivity contribution in [1.29, 1.82) is 0 Å². The lowest BCUT2D eigenvalue weighted by Crippen LogP contribution is -2.08. The van der Waals surface area contributed by atoms with Gasteiger partial charge in [0, 0.05) is 6.42 Å². The van der Waals surface area contributed by atoms with Crippen molar-refractivity contribution >= 4 is 5.97 Å². The fraction of sp³-hybridized carbons (Fsp3) is 0.947. The number of unbranched alkanes of at least 4 members (excludes halogenated alkanes) is 8. The highest BCUT2D eigenvalue weighted by Crippen LogP contribution is 2.21. The molecule has 2 nitrogen and oxygen atoms in total. The topological polar surface area (TPSA) is 26.3 Å². The number of rotatable bonds is 13. The molecule has 0 aliphatic rings. The molecule has 2 heteroatoms. The molecule has 0 aromatic heterocycles. The monoisotopic (exact) mass is 298 g/mol. The van der Waals surface area contributed by atoms with Crippen LogP contribution in [-0.4, -0.2) is 12.6 Å². The quantitative estimate of drug-likeness (QED) is 0.295. The Balaban J connectivity index is 3.24. The number of esters is 1. The van der Waals surface area contributed by atoms with E-state index in [1.165, 1.54) is 51.4 Å². The first-order valence-electron chi connectivity index (χ1n) is 9.11. The van der Waals surface area contributed by atoms with Gasteiger partial charge in [-0.1, -0.05) is 72.6 Å². The minimum Gasteiger partial charge on any atom is -0.466 e. The van der Waals surface area contributed by atoms with Gasteiger partial charge in [-0.15, -0.1) is 0 Å². The van der Waals surface area contributed by atoms with Crippen molar-refractivity contribution in [2.75, 3.05) is 6.61 Å². The molecule has 0 spiro atoms. The summed E-state index contributed by atoms with van der Waals surface area (Å²) in [4.78, 5) is 11.6. The highest BCUT2D eigenvalue weighted by Gasteiger charge is 2.09. The number of hydrogen-bond donors (Lipinski definition) is 0. The zero-order valence-electron chi connectivity index (χ0n) is 15.0. The van der Waals surface area contributed by atoms with Gasteiger partial charge in [-0.25, -0.2) is 0 Å². The van der Waals surface area contributed by atoms with Gasteiger partial charge < -0.3 is 4.74 Å². The number of carbonyl (C=O) groups excluding carboxylic acids is 1. The van der Waals surface area contributed by atoms with Crippen molar-refractivity contribution in [3.05, 3.63) is 0 Å². The van der Waals surface area contributed by atoms with Gasteiger partial charge in [0.25, 0.3) is 0 Å². The minimum absolute atomic E-state index is 0.00302. The summed E-state index contributed by atoms with van der Waals surface area (Å²) < 4.78 is 5.28. The van der Waals surface area contributed by atoms with Gasteiger partial charge in [0.05, 0.1) is 6.61 Å². The van der Waals surface area contributed by atoms with E-state index in [1.807, 2.05) is 0 Å². The Morgan fingerprint density at radius 3 is 1.95 bits per heavy atom. The zero-order valence-corrected chi connectivity index (χ0v) is 15.0. The van der Waals surface area contributed by atoms with Gasteiger partial charge in [0.1, 0.15) is 0 Å². The molecule has 0 amide bonds. The van der Waals surface area contributed by atoms with Crippen molar-refractivity contribution in [1.82, 2.24) is 0 Å². The van der Waals surface area contributed by atoms with Crippen LogP contribution >= 0.6 is 0 Å². The van der Waals surface area contributed by atoms with E-state index in [9.17, 15) is 4.79 Å². The van der Waals surface area contributed by atoms with E-state index in [0.29, 0.717) is 18.4 Å². The molecular formula is C19H38O2. The van der Waals surface area contributed by atoms with E-state index in [-0.39, 0.29) is 5.97 Å². The van der Waals surface area contributed by atoms with Gasteiger partial charge in [-0.3, -0.25) is 4.79 Å². The summed E-state index contributed by atoms with van der Waals surface area (Å²) in [6.45, 7) is 9.60. The van der Waals surface area contributed by atoms with Gasteiger partial charge in [-0.2, -0.15) is 0 Å². The van der Waals surface area contributed by atoms with Crippen molar-refractivity contribution < 1.29 is 9.53 Å². The van der Waals surface area contributed by atoms with Gasteiger partial charge >= 0.3 is 5.97 Å². The lowest BCUT2D eigenvalue weighted by Gasteiger charge is -2.17. The maximum atomic E-state index is 11.6. The summed E-state index contributed by atoms with van der Waals surface area (Å²) in [6, 6.07) is 0. The Morgan fingerprint density at radius 1 is 0.810 bits per heavy atom. The first-order valence-corrected chi connectivity index (χ1v) is 9.11. The molecule has 0 aliphatic carbocycles. The van der Waals surface area contributed by atoms with Gasteiger partial charge in [-0.05, 0) is 31.1 Å². The molecule has 0 N–H and O–H groups in total. The molecule has 0 radical (unpaired) electrons. The molecule has 0 bridgehead atoms. The third-order valence-electron chi connectivity index (χ3n) is 3.82. The molecule has 0 unspecified atom stereocenters. The van der Waals surface area contributed by atoms with Crippen molar-refractivity contribution in [2.24, 2.45) is 5.41 Å². The summed E-state index contributed by atoms with van der Waals surface area (Å²) in [5.74, 6) is -0.00302. The van der Waals surface area contributed by atoms with Crippen molar-refractivity contribution in [3.8, 4) is 0 Å². The van der Waals surface area contributed by atoms with E-state index >= 15 is 0 Å². The summed E-state index contributed by atoms with van der Waals surface area (Å²) in [7, 11) is 0. The van der Waals surface area contributed by atoms with Gasteiger partial charge in [0.15, 0.2) is 0 Å². The molecule has 0 aromatic rings. The second-order valence-electron chi connectivity index (χ2n) is 7.46. The molecule has 0 saturated heterocycles. The van der Waals surface area contributed by atoms with E-state index in [2.05, 4.69) is 27.7 Å². The summed E-state index contributed by atoms with van der Waals surface area (Å²) in [5.41, 5.74) is 0.390. The number of ether oxygens (including phenoxy) is 1. The average molecular weight is 299 g/mol. The molecule has 0 fully saturated rings. The highest BCUT2D eigenvalue weighted by atomic mass is 16.5. The predicted molar refractivity (Wildman–Crippen MR) is 91.5 cm³/mol. The Kier molecular flexibility index (Phi) is 12.8. The van der Waals surface area contributed by atoms with E-state index in [1.54, 1.807) is 0 Å². The predicted octanol–water partition coefficient (Wildman–Crippen LogP) is 6.28. The van der Waals surface area contributed by atoms with Crippen LogP contribution in [0.2, 0.25) is 0 Å². The number of carbonyl (C=O) groups is 1. The first-order chi connectivity index (χ1) is 9.95. The third kappa shape index (κ3) is 17.4. The minimum atomic E-state index is -0.00302. The maximum Gasteiger partial charge on any atom is 0.305 e. The van der Waals surface area contributed by atoms with Crippen LogP contribution in [-0.2, 0) is 9.53 Å². The van der Waals surface area contributed by atoms with Crippen LogP contribution in [0.15, 0.2) is 0 Å². The Hall–Kier alpha value is -0.530. The van der Waals surface area contributed by atoms with Gasteiger partial charge in [0.2, 0.25) is 0 Å². The highest BCUT2D eigenvalue weighted by molar-refractivity contribution is 5.69. The van der Waals surface area contributed by atoms with E-state index in [4.69, 9.17) is 4.74 Å². The molecule has 21 heavy (non-hydrogen) atoms. The molecule has 126 valence electrons. The van der Waals surface area contributed by atoms with Crippen LogP contribution in [0.3, 0.4) is 0 Å². The van der Waals surface area contributed by atoms with Crippen LogP contribution in [0.25, 0.3) is 0 Å². The molecule has 0 atom stereocenters. The van der Waals surface area contributed by atoms with Crippen LogP contribution in [0.4, 0.5) is 0 Å². The molecule has 0 aliphatic heterocycles. The SMILES string of the molecule is CCCCCCCCCCC(=O)OCCCCC(C)(C)C. The van der Waals surface area contributed by atoms with Crippen molar-refractivity contribution in [3.63, 3.8) is 0 Å². The summed E-state index contributed by atoms with van der Waals surface area (Å²) >= 11 is 0. The largest absolute Gasteiger partial charge is 0.466 e. The third-order valence-corrected chi connectivity index (χ3v) is 3.82. The maximum absolute atomic E-state index is 11.6. The van der Waals surface area contributed by atoms with Crippen LogP contribution in [0.1, 0.15) is 105 Å². The Labute approximate surface area is 133 Å². The molecule has 0 saturated carbocycles. The second kappa shape index (κ2) is 13.2. The molecule has 0 heterocycles. The fourth-order valence-electron chi connectivity index (χ4n) is 2.42. The van der Waals surface area contributed by atoms with Crippen LogP contribution in [0.5, 0.6) is 0 Å². The molecule has 0 rings (SSSR count). The van der Waals surface area contributed by atoms with Crippen LogP contribution in [0, 0.1) is 5.41 Å². The summed E-state index contributed by atoms with van der Waals surface area (Å²) in [5, 5.41) is 0. The van der Waals surface area contributed by atoms with Crippen molar-refractivity contribution in [2.45, 2.75) is 105 Å². The Bertz CT molecular complexity index is 240. The first kappa shape index (κ1) is 20.5. The average Bonchev–Trinajstić information content (AvgIpc) is 2.40. The second-order valence-corrected chi connectivity index (χ2v) is 7.46. The Morgan fingerprint density at radius 2 is 1.38 bits per heavy atom. The smallest absolute Gasteiger partial charge is 0.305 e. The summed E-state index contributed by atoms with van der Waals surface area (Å²) in [6.07, 6.45) is 14.1. The zero-order chi connectivity index (χ0) is 16.0. The fourth-order valence-corrected chi connectivity index (χ4v) is 2.42. The molecular weight excluding hydrogens is 260 g/mol. The molecule has 0 aromatic carbocycles.